The number of aryl methyl sites for hydroxylation is 1. The van der Waals surface area contributed by atoms with Crippen LogP contribution in [0.3, 0.4) is 0 Å². The Morgan fingerprint density at radius 3 is 2.68 bits per heavy atom. The second-order valence-electron chi connectivity index (χ2n) is 5.94. The summed E-state index contributed by atoms with van der Waals surface area (Å²) < 4.78 is 0. The zero-order valence-corrected chi connectivity index (χ0v) is 12.7. The van der Waals surface area contributed by atoms with Crippen LogP contribution in [0.1, 0.15) is 41.5 Å². The fourth-order valence-corrected chi connectivity index (χ4v) is 3.35. The van der Waals surface area contributed by atoms with Crippen LogP contribution in [-0.4, -0.2) is 39.3 Å². The Labute approximate surface area is 130 Å². The first-order chi connectivity index (χ1) is 10.7. The molecule has 0 spiro atoms. The first-order valence-corrected chi connectivity index (χ1v) is 7.68. The van der Waals surface area contributed by atoms with Gasteiger partial charge in [-0.05, 0) is 55.5 Å². The molecule has 2 aromatic rings. The van der Waals surface area contributed by atoms with Crippen molar-refractivity contribution in [3.8, 4) is 0 Å². The number of hydrogen-bond acceptors (Lipinski definition) is 3. The van der Waals surface area contributed by atoms with E-state index >= 15 is 0 Å². The van der Waals surface area contributed by atoms with Gasteiger partial charge >= 0.3 is 5.97 Å². The van der Waals surface area contributed by atoms with E-state index in [4.69, 9.17) is 0 Å². The van der Waals surface area contributed by atoms with Gasteiger partial charge in [-0.1, -0.05) is 24.3 Å². The second kappa shape index (κ2) is 6.32. The zero-order valence-electron chi connectivity index (χ0n) is 12.7. The first kappa shape index (κ1) is 14.8. The number of aromatic nitrogens is 2. The third kappa shape index (κ3) is 2.90. The molecule has 0 radical (unpaired) electrons. The van der Waals surface area contributed by atoms with Gasteiger partial charge in [0, 0.05) is 6.20 Å². The van der Waals surface area contributed by atoms with Gasteiger partial charge in [0.05, 0.1) is 6.20 Å². The highest BCUT2D eigenvalue weighted by atomic mass is 16.4. The average Bonchev–Trinajstić information content (AvgIpc) is 3.04. The van der Waals surface area contributed by atoms with Crippen molar-refractivity contribution in [2.24, 2.45) is 0 Å². The molecule has 3 rings (SSSR count). The summed E-state index contributed by atoms with van der Waals surface area (Å²) in [6.07, 6.45) is 5.75. The minimum atomic E-state index is -0.768. The number of carbonyl (C=O) groups is 1. The van der Waals surface area contributed by atoms with E-state index in [1.807, 2.05) is 43.6 Å². The van der Waals surface area contributed by atoms with Crippen LogP contribution in [0, 0.1) is 6.92 Å². The number of hydrogen-bond donors (Lipinski definition) is 2. The highest BCUT2D eigenvalue weighted by molar-refractivity contribution is 5.76. The molecule has 0 aliphatic carbocycles. The lowest BCUT2D eigenvalue weighted by Crippen LogP contribution is -2.40. The molecule has 1 aromatic heterocycles. The monoisotopic (exact) mass is 299 g/mol. The van der Waals surface area contributed by atoms with E-state index in [1.165, 1.54) is 5.56 Å². The van der Waals surface area contributed by atoms with Gasteiger partial charge in [0.15, 0.2) is 0 Å². The Morgan fingerprint density at radius 2 is 2.09 bits per heavy atom. The maximum absolute atomic E-state index is 11.8. The minimum Gasteiger partial charge on any atom is -0.480 e. The molecule has 1 fully saturated rings. The van der Waals surface area contributed by atoms with Crippen LogP contribution in [0.15, 0.2) is 36.7 Å². The van der Waals surface area contributed by atoms with Crippen LogP contribution >= 0.6 is 0 Å². The summed E-state index contributed by atoms with van der Waals surface area (Å²) >= 11 is 0. The summed E-state index contributed by atoms with van der Waals surface area (Å²) in [7, 11) is 0. The SMILES string of the molecule is Cc1ccccc1C(C(=O)O)N1CCC(c2cn[nH]c2)CC1. The third-order valence-electron chi connectivity index (χ3n) is 4.60. The Morgan fingerprint density at radius 1 is 1.36 bits per heavy atom. The van der Waals surface area contributed by atoms with Crippen molar-refractivity contribution in [3.63, 3.8) is 0 Å². The van der Waals surface area contributed by atoms with E-state index in [0.29, 0.717) is 5.92 Å². The number of H-pyrrole nitrogens is 1. The van der Waals surface area contributed by atoms with Crippen molar-refractivity contribution in [1.29, 1.82) is 0 Å². The zero-order chi connectivity index (χ0) is 15.5. The van der Waals surface area contributed by atoms with Crippen molar-refractivity contribution >= 4 is 5.97 Å². The Kier molecular flexibility index (Phi) is 4.24. The largest absolute Gasteiger partial charge is 0.480 e. The van der Waals surface area contributed by atoms with Crippen molar-refractivity contribution in [2.45, 2.75) is 31.7 Å². The summed E-state index contributed by atoms with van der Waals surface area (Å²) in [6.45, 7) is 3.56. The molecule has 0 amide bonds. The maximum atomic E-state index is 11.8. The molecule has 2 heterocycles. The molecule has 1 saturated heterocycles. The predicted molar refractivity (Wildman–Crippen MR) is 83.7 cm³/mol. The molecule has 116 valence electrons. The number of carboxylic acids is 1. The van der Waals surface area contributed by atoms with Gasteiger partial charge in [-0.2, -0.15) is 5.10 Å². The molecule has 2 N–H and O–H groups in total. The molecular weight excluding hydrogens is 278 g/mol. The predicted octanol–water partition coefficient (Wildman–Crippen LogP) is 2.72. The molecule has 5 nitrogen and oxygen atoms in total. The van der Waals surface area contributed by atoms with Crippen LogP contribution < -0.4 is 0 Å². The quantitative estimate of drug-likeness (QED) is 0.911. The smallest absolute Gasteiger partial charge is 0.325 e. The van der Waals surface area contributed by atoms with Crippen LogP contribution in [-0.2, 0) is 4.79 Å². The molecule has 1 aliphatic rings. The van der Waals surface area contributed by atoms with Gasteiger partial charge in [0.2, 0.25) is 0 Å². The summed E-state index contributed by atoms with van der Waals surface area (Å²) in [4.78, 5) is 13.9. The fraction of sp³-hybridized carbons (Fsp3) is 0.412. The van der Waals surface area contributed by atoms with Crippen molar-refractivity contribution < 1.29 is 9.90 Å². The van der Waals surface area contributed by atoms with Gasteiger partial charge in [0.1, 0.15) is 6.04 Å². The van der Waals surface area contributed by atoms with Gasteiger partial charge in [-0.3, -0.25) is 14.8 Å². The van der Waals surface area contributed by atoms with Crippen LogP contribution in [0.25, 0.3) is 0 Å². The summed E-state index contributed by atoms with van der Waals surface area (Å²) in [6, 6.07) is 7.21. The van der Waals surface area contributed by atoms with E-state index in [0.717, 1.165) is 37.1 Å². The van der Waals surface area contributed by atoms with Crippen molar-refractivity contribution in [1.82, 2.24) is 15.1 Å². The summed E-state index contributed by atoms with van der Waals surface area (Å²) in [5.74, 6) is -0.294. The Hall–Kier alpha value is -2.14. The van der Waals surface area contributed by atoms with E-state index < -0.39 is 12.0 Å². The molecule has 1 unspecified atom stereocenters. The van der Waals surface area contributed by atoms with Gasteiger partial charge in [-0.15, -0.1) is 0 Å². The van der Waals surface area contributed by atoms with Crippen LogP contribution in [0.5, 0.6) is 0 Å². The number of aliphatic carboxylic acids is 1. The lowest BCUT2D eigenvalue weighted by atomic mass is 9.89. The van der Waals surface area contributed by atoms with E-state index in [-0.39, 0.29) is 0 Å². The van der Waals surface area contributed by atoms with Crippen LogP contribution in [0.4, 0.5) is 0 Å². The number of nitrogens with zero attached hydrogens (tertiary/aromatic N) is 2. The summed E-state index contributed by atoms with van der Waals surface area (Å²) in [5.41, 5.74) is 3.16. The van der Waals surface area contributed by atoms with Crippen molar-refractivity contribution in [3.05, 3.63) is 53.3 Å². The highest BCUT2D eigenvalue weighted by Gasteiger charge is 2.32. The highest BCUT2D eigenvalue weighted by Crippen LogP contribution is 2.32. The molecule has 1 aromatic carbocycles. The average molecular weight is 299 g/mol. The normalized spacial score (nSPS) is 18.2. The maximum Gasteiger partial charge on any atom is 0.325 e. The van der Waals surface area contributed by atoms with Crippen molar-refractivity contribution in [2.75, 3.05) is 13.1 Å². The lowest BCUT2D eigenvalue weighted by molar-refractivity contribution is -0.144. The minimum absolute atomic E-state index is 0.473. The molecule has 1 aliphatic heterocycles. The third-order valence-corrected chi connectivity index (χ3v) is 4.60. The number of aromatic amines is 1. The number of benzene rings is 1. The van der Waals surface area contributed by atoms with Gasteiger partial charge in [0.25, 0.3) is 0 Å². The van der Waals surface area contributed by atoms with E-state index in [2.05, 4.69) is 15.1 Å². The number of carboxylic acid groups (broad SMARTS) is 1. The molecule has 1 atom stereocenters. The number of likely N-dealkylation sites (tertiary alicyclic amines) is 1. The fourth-order valence-electron chi connectivity index (χ4n) is 3.35. The van der Waals surface area contributed by atoms with Gasteiger partial charge in [-0.25, -0.2) is 0 Å². The standard InChI is InChI=1S/C17H21N3O2/c1-12-4-2-3-5-15(12)16(17(21)22)20-8-6-13(7-9-20)14-10-18-19-11-14/h2-5,10-11,13,16H,6-9H2,1H3,(H,18,19)(H,21,22). The van der Waals surface area contributed by atoms with Gasteiger partial charge < -0.3 is 5.11 Å². The molecule has 5 heteroatoms. The number of piperidine rings is 1. The Balaban J connectivity index is 1.75. The molecular formula is C17H21N3O2. The summed E-state index contributed by atoms with van der Waals surface area (Å²) in [5, 5.41) is 16.6. The number of nitrogens with one attached hydrogen (secondary N) is 1. The number of rotatable bonds is 4. The van der Waals surface area contributed by atoms with E-state index in [1.54, 1.807) is 0 Å². The second-order valence-corrected chi connectivity index (χ2v) is 5.94. The topological polar surface area (TPSA) is 69.2 Å². The Bertz CT molecular complexity index is 631. The lowest BCUT2D eigenvalue weighted by Gasteiger charge is -2.36. The first-order valence-electron chi connectivity index (χ1n) is 7.68. The molecule has 0 bridgehead atoms. The molecule has 0 saturated carbocycles. The molecule has 22 heavy (non-hydrogen) atoms. The van der Waals surface area contributed by atoms with Crippen LogP contribution in [0.2, 0.25) is 0 Å². The van der Waals surface area contributed by atoms with E-state index in [9.17, 15) is 9.90 Å².